The fourth-order valence-corrected chi connectivity index (χ4v) is 3.44. The quantitative estimate of drug-likeness (QED) is 0.807. The minimum atomic E-state index is -0.0544. The van der Waals surface area contributed by atoms with Gasteiger partial charge in [0.2, 0.25) is 0 Å². The molecule has 0 spiro atoms. The zero-order valence-electron chi connectivity index (χ0n) is 15.5. The lowest BCUT2D eigenvalue weighted by Crippen LogP contribution is -2.35. The molecular formula is C21H28N4O. The minimum Gasteiger partial charge on any atom is -0.374 e. The van der Waals surface area contributed by atoms with Crippen LogP contribution in [0.1, 0.15) is 54.6 Å². The van der Waals surface area contributed by atoms with Gasteiger partial charge in [-0.05, 0) is 49.1 Å². The Morgan fingerprint density at radius 2 is 1.85 bits per heavy atom. The predicted octanol–water partition coefficient (Wildman–Crippen LogP) is 3.61. The van der Waals surface area contributed by atoms with Crippen LogP contribution >= 0.6 is 0 Å². The van der Waals surface area contributed by atoms with Crippen molar-refractivity contribution in [2.75, 3.05) is 18.5 Å². The highest BCUT2D eigenvalue weighted by Crippen LogP contribution is 2.18. The second-order valence-corrected chi connectivity index (χ2v) is 7.09. The Labute approximate surface area is 155 Å². The molecule has 0 radical (unpaired) electrons. The van der Waals surface area contributed by atoms with Crippen LogP contribution in [0.5, 0.6) is 0 Å². The van der Waals surface area contributed by atoms with Gasteiger partial charge in [0.05, 0.1) is 0 Å². The van der Waals surface area contributed by atoms with Crippen LogP contribution < -0.4 is 10.2 Å². The van der Waals surface area contributed by atoms with Gasteiger partial charge in [0, 0.05) is 43.9 Å². The molecule has 1 saturated carbocycles. The van der Waals surface area contributed by atoms with Crippen molar-refractivity contribution in [3.8, 4) is 0 Å². The smallest absolute Gasteiger partial charge is 0.270 e. The molecule has 138 valence electrons. The van der Waals surface area contributed by atoms with Crippen molar-refractivity contribution in [2.45, 2.75) is 51.0 Å². The number of carbonyl (C=O) groups is 1. The number of pyridine rings is 2. The van der Waals surface area contributed by atoms with E-state index >= 15 is 0 Å². The number of carbonyl (C=O) groups excluding carboxylic acids is 1. The monoisotopic (exact) mass is 352 g/mol. The standard InChI is InChI=1S/C21H28N4O/c1-25(15-11-17-8-12-22-13-9-17)19-10-14-23-20(16-19)21(26)24-18-6-4-2-3-5-7-18/h8-10,12-14,16,18H,2-7,11,15H2,1H3,(H,24,26). The van der Waals surface area contributed by atoms with Crippen LogP contribution in [0.25, 0.3) is 0 Å². The zero-order chi connectivity index (χ0) is 18.2. The molecule has 1 aliphatic rings. The van der Waals surface area contributed by atoms with Crippen molar-refractivity contribution in [1.29, 1.82) is 0 Å². The van der Waals surface area contributed by atoms with Gasteiger partial charge in [0.25, 0.3) is 5.91 Å². The Morgan fingerprint density at radius 1 is 1.12 bits per heavy atom. The number of rotatable bonds is 6. The van der Waals surface area contributed by atoms with Crippen molar-refractivity contribution in [1.82, 2.24) is 15.3 Å². The molecule has 0 saturated heterocycles. The summed E-state index contributed by atoms with van der Waals surface area (Å²) in [5.74, 6) is -0.0544. The summed E-state index contributed by atoms with van der Waals surface area (Å²) in [6.07, 6.45) is 13.4. The summed E-state index contributed by atoms with van der Waals surface area (Å²) in [5.41, 5.74) is 2.77. The topological polar surface area (TPSA) is 58.1 Å². The molecule has 1 N–H and O–H groups in total. The number of nitrogens with one attached hydrogen (secondary N) is 1. The van der Waals surface area contributed by atoms with Gasteiger partial charge in [-0.25, -0.2) is 0 Å². The predicted molar refractivity (Wildman–Crippen MR) is 104 cm³/mol. The molecule has 1 aliphatic carbocycles. The van der Waals surface area contributed by atoms with E-state index in [1.54, 1.807) is 6.20 Å². The molecule has 3 rings (SSSR count). The number of anilines is 1. The average molecular weight is 352 g/mol. The van der Waals surface area contributed by atoms with Crippen LogP contribution in [0.4, 0.5) is 5.69 Å². The van der Waals surface area contributed by atoms with E-state index in [9.17, 15) is 4.79 Å². The van der Waals surface area contributed by atoms with E-state index in [1.165, 1.54) is 31.2 Å². The third-order valence-corrected chi connectivity index (χ3v) is 5.09. The zero-order valence-corrected chi connectivity index (χ0v) is 15.5. The normalized spacial score (nSPS) is 15.3. The van der Waals surface area contributed by atoms with Gasteiger partial charge in [-0.3, -0.25) is 14.8 Å². The van der Waals surface area contributed by atoms with E-state index in [4.69, 9.17) is 0 Å². The number of hydrogen-bond donors (Lipinski definition) is 1. The number of likely N-dealkylation sites (N-methyl/N-ethyl adjacent to an activating group) is 1. The van der Waals surface area contributed by atoms with Gasteiger partial charge < -0.3 is 10.2 Å². The number of nitrogens with zero attached hydrogens (tertiary/aromatic N) is 3. The highest BCUT2D eigenvalue weighted by Gasteiger charge is 2.17. The first-order valence-electron chi connectivity index (χ1n) is 9.59. The molecule has 26 heavy (non-hydrogen) atoms. The van der Waals surface area contributed by atoms with Crippen LogP contribution in [0.15, 0.2) is 42.9 Å². The Balaban J connectivity index is 1.58. The molecule has 0 atom stereocenters. The number of amides is 1. The molecule has 0 aromatic carbocycles. The van der Waals surface area contributed by atoms with Crippen LogP contribution in [-0.2, 0) is 6.42 Å². The van der Waals surface area contributed by atoms with Gasteiger partial charge in [-0.15, -0.1) is 0 Å². The molecule has 5 heteroatoms. The third kappa shape index (κ3) is 5.28. The summed E-state index contributed by atoms with van der Waals surface area (Å²) < 4.78 is 0. The first-order valence-corrected chi connectivity index (χ1v) is 9.59. The fraction of sp³-hybridized carbons (Fsp3) is 0.476. The largest absolute Gasteiger partial charge is 0.374 e. The highest BCUT2D eigenvalue weighted by atomic mass is 16.1. The fourth-order valence-electron chi connectivity index (χ4n) is 3.44. The maximum Gasteiger partial charge on any atom is 0.270 e. The van der Waals surface area contributed by atoms with E-state index < -0.39 is 0 Å². The number of hydrogen-bond acceptors (Lipinski definition) is 4. The van der Waals surface area contributed by atoms with Gasteiger partial charge in [0.15, 0.2) is 0 Å². The maximum absolute atomic E-state index is 12.6. The SMILES string of the molecule is CN(CCc1ccncc1)c1ccnc(C(=O)NC2CCCCCC2)c1. The van der Waals surface area contributed by atoms with E-state index in [2.05, 4.69) is 20.2 Å². The average Bonchev–Trinajstić information content (AvgIpc) is 2.95. The van der Waals surface area contributed by atoms with Crippen molar-refractivity contribution < 1.29 is 4.79 Å². The minimum absolute atomic E-state index is 0.0544. The van der Waals surface area contributed by atoms with E-state index in [0.717, 1.165) is 31.5 Å². The number of aromatic nitrogens is 2. The summed E-state index contributed by atoms with van der Waals surface area (Å²) >= 11 is 0. The van der Waals surface area contributed by atoms with Crippen LogP contribution in [0.3, 0.4) is 0 Å². The lowest BCUT2D eigenvalue weighted by molar-refractivity contribution is 0.0928. The highest BCUT2D eigenvalue weighted by molar-refractivity contribution is 5.93. The molecule has 2 aromatic rings. The maximum atomic E-state index is 12.6. The lowest BCUT2D eigenvalue weighted by Gasteiger charge is -2.20. The van der Waals surface area contributed by atoms with E-state index in [-0.39, 0.29) is 5.91 Å². The Morgan fingerprint density at radius 3 is 2.58 bits per heavy atom. The Kier molecular flexibility index (Phi) is 6.58. The summed E-state index contributed by atoms with van der Waals surface area (Å²) in [7, 11) is 2.05. The van der Waals surface area contributed by atoms with E-state index in [1.807, 2.05) is 43.7 Å². The third-order valence-electron chi connectivity index (χ3n) is 5.09. The molecule has 2 aromatic heterocycles. The summed E-state index contributed by atoms with van der Waals surface area (Å²) in [4.78, 5) is 23.1. The summed E-state index contributed by atoms with van der Waals surface area (Å²) in [6, 6.07) is 8.20. The van der Waals surface area contributed by atoms with Crippen molar-refractivity contribution >= 4 is 11.6 Å². The first-order chi connectivity index (χ1) is 12.7. The van der Waals surface area contributed by atoms with Crippen LogP contribution in [-0.4, -0.2) is 35.5 Å². The second-order valence-electron chi connectivity index (χ2n) is 7.09. The van der Waals surface area contributed by atoms with E-state index in [0.29, 0.717) is 11.7 Å². The molecule has 5 nitrogen and oxygen atoms in total. The van der Waals surface area contributed by atoms with Gasteiger partial charge >= 0.3 is 0 Å². The molecule has 1 fully saturated rings. The molecule has 0 unspecified atom stereocenters. The summed E-state index contributed by atoms with van der Waals surface area (Å²) in [5, 5.41) is 3.17. The molecule has 0 bridgehead atoms. The molecular weight excluding hydrogens is 324 g/mol. The summed E-state index contributed by atoms with van der Waals surface area (Å²) in [6.45, 7) is 0.873. The molecule has 0 aliphatic heterocycles. The van der Waals surface area contributed by atoms with Crippen molar-refractivity contribution in [2.24, 2.45) is 0 Å². The van der Waals surface area contributed by atoms with Crippen LogP contribution in [0.2, 0.25) is 0 Å². The second kappa shape index (κ2) is 9.32. The lowest BCUT2D eigenvalue weighted by atomic mass is 10.1. The van der Waals surface area contributed by atoms with Crippen molar-refractivity contribution in [3.63, 3.8) is 0 Å². The molecule has 2 heterocycles. The van der Waals surface area contributed by atoms with Crippen LogP contribution in [0, 0.1) is 0 Å². The van der Waals surface area contributed by atoms with Crippen molar-refractivity contribution in [3.05, 3.63) is 54.1 Å². The molecule has 1 amide bonds. The first kappa shape index (κ1) is 18.4. The van der Waals surface area contributed by atoms with Gasteiger partial charge in [0.1, 0.15) is 5.69 Å². The van der Waals surface area contributed by atoms with Gasteiger partial charge in [-0.2, -0.15) is 0 Å². The van der Waals surface area contributed by atoms with Gasteiger partial charge in [-0.1, -0.05) is 25.7 Å². The Bertz CT molecular complexity index is 696. The Hall–Kier alpha value is -2.43.